The zero-order valence-electron chi connectivity index (χ0n) is 23.7. The minimum Gasteiger partial charge on any atom is -0.512 e. The molecule has 0 saturated heterocycles. The maximum absolute atomic E-state index is 10.0. The third-order valence-corrected chi connectivity index (χ3v) is 7.93. The van der Waals surface area contributed by atoms with Crippen molar-refractivity contribution in [3.8, 4) is 32.8 Å². The number of fused-ring (bicyclic) bond motifs is 4. The van der Waals surface area contributed by atoms with Crippen LogP contribution in [0.25, 0.3) is 65.1 Å². The van der Waals surface area contributed by atoms with Crippen LogP contribution in [0.3, 0.4) is 0 Å². The number of thiophene rings is 1. The Bertz CT molecular complexity index is 2090. The Balaban J connectivity index is 0.000000415. The summed E-state index contributed by atoms with van der Waals surface area (Å²) in [5, 5.41) is 10.4. The van der Waals surface area contributed by atoms with E-state index in [9.17, 15) is 4.79 Å². The summed E-state index contributed by atoms with van der Waals surface area (Å²) in [5.74, 6) is -0.0625. The number of aliphatic hydroxyl groups is 1. The summed E-state index contributed by atoms with van der Waals surface area (Å²) in [5.41, 5.74) is 8.55. The molecule has 0 bridgehead atoms. The molecule has 0 aliphatic heterocycles. The first-order chi connectivity index (χ1) is 20.4. The van der Waals surface area contributed by atoms with Gasteiger partial charge in [0.15, 0.2) is 5.78 Å². The fourth-order valence-electron chi connectivity index (χ4n) is 4.98. The fourth-order valence-corrected chi connectivity index (χ4v) is 6.15. The van der Waals surface area contributed by atoms with Crippen molar-refractivity contribution in [3.05, 3.63) is 121 Å². The summed E-state index contributed by atoms with van der Waals surface area (Å²) in [6.07, 6.45) is 1.17. The molecule has 1 radical (unpaired) electrons. The number of furan rings is 1. The third kappa shape index (κ3) is 6.20. The molecule has 5 nitrogen and oxygen atoms in total. The van der Waals surface area contributed by atoms with Gasteiger partial charge in [-0.2, -0.15) is 0 Å². The molecule has 3 aromatic carbocycles. The Kier molecular flexibility index (Phi) is 8.97. The molecule has 0 saturated carbocycles. The van der Waals surface area contributed by atoms with Crippen LogP contribution in [0.2, 0.25) is 0 Å². The van der Waals surface area contributed by atoms with E-state index in [2.05, 4.69) is 83.8 Å². The van der Waals surface area contributed by atoms with E-state index in [-0.39, 0.29) is 31.6 Å². The molecule has 7 aromatic rings. The van der Waals surface area contributed by atoms with Crippen LogP contribution in [0.4, 0.5) is 0 Å². The molecule has 0 atom stereocenters. The van der Waals surface area contributed by atoms with E-state index in [0.717, 1.165) is 54.7 Å². The number of carbonyl (C=O) groups excluding carboxylic acids is 1. The molecular formula is C36H27IrN2O3S-. The van der Waals surface area contributed by atoms with Crippen LogP contribution in [-0.4, -0.2) is 20.9 Å². The summed E-state index contributed by atoms with van der Waals surface area (Å²) in [6, 6.07) is 36.7. The van der Waals surface area contributed by atoms with E-state index in [0.29, 0.717) is 5.71 Å². The largest absolute Gasteiger partial charge is 0.512 e. The SMILES string of the molecule is CC(=O)/C=C(/C)O.Cc1ccc2c(n1)oc1c(-c3ccc4sc(-c5ccccc5)c(-c5ccccc5)c4n3)[c-]ccc12.[Ir]. The zero-order valence-corrected chi connectivity index (χ0v) is 26.9. The van der Waals surface area contributed by atoms with Crippen LogP contribution in [0.15, 0.2) is 113 Å². The first kappa shape index (κ1) is 30.1. The molecule has 4 heterocycles. The van der Waals surface area contributed by atoms with Gasteiger partial charge in [0.2, 0.25) is 5.71 Å². The van der Waals surface area contributed by atoms with Gasteiger partial charge in [-0.15, -0.1) is 29.5 Å². The van der Waals surface area contributed by atoms with Crippen molar-refractivity contribution in [2.45, 2.75) is 20.8 Å². The smallest absolute Gasteiger partial charge is 0.216 e. The van der Waals surface area contributed by atoms with Gasteiger partial charge >= 0.3 is 0 Å². The van der Waals surface area contributed by atoms with Crippen molar-refractivity contribution >= 4 is 49.4 Å². The van der Waals surface area contributed by atoms with Gasteiger partial charge in [0.25, 0.3) is 0 Å². The minimum absolute atomic E-state index is 0. The Hall–Kier alpha value is -4.42. The van der Waals surface area contributed by atoms with Crippen LogP contribution >= 0.6 is 11.3 Å². The van der Waals surface area contributed by atoms with Gasteiger partial charge in [-0.3, -0.25) is 9.78 Å². The summed E-state index contributed by atoms with van der Waals surface area (Å²) in [6.45, 7) is 4.82. The number of aryl methyl sites for hydroxylation is 1. The van der Waals surface area contributed by atoms with Gasteiger partial charge in [0.1, 0.15) is 0 Å². The molecule has 43 heavy (non-hydrogen) atoms. The quantitative estimate of drug-likeness (QED) is 0.110. The number of allylic oxidation sites excluding steroid dienone is 2. The molecule has 0 unspecified atom stereocenters. The first-order valence-corrected chi connectivity index (χ1v) is 14.3. The standard InChI is InChI=1S/C31H19N2OS.C5H8O2.Ir/c1-19-15-16-23-22-13-8-14-24(29(22)34-31(23)32-19)25-17-18-26-28(33-25)27(20-9-4-2-5-10-20)30(35-26)21-11-6-3-7-12-21;1-4(6)3-5(2)7;/h2-13,15-18H,1H3;3,6H,1-2H3;/q-1;;/b;4-3-;. The molecule has 215 valence electrons. The number of carbonyl (C=O) groups is 1. The number of pyridine rings is 2. The molecule has 0 aliphatic carbocycles. The molecule has 7 heteroatoms. The molecule has 0 amide bonds. The van der Waals surface area contributed by atoms with Crippen LogP contribution in [0, 0.1) is 13.0 Å². The molecule has 0 spiro atoms. The number of benzene rings is 3. The monoisotopic (exact) mass is 760 g/mol. The molecule has 0 fully saturated rings. The molecule has 4 aromatic heterocycles. The normalized spacial score (nSPS) is 11.3. The minimum atomic E-state index is -0.125. The van der Waals surface area contributed by atoms with Gasteiger partial charge < -0.3 is 9.52 Å². The number of ketones is 1. The van der Waals surface area contributed by atoms with Crippen LogP contribution < -0.4 is 0 Å². The topological polar surface area (TPSA) is 76.2 Å². The van der Waals surface area contributed by atoms with Gasteiger partial charge in [-0.05, 0) is 55.8 Å². The van der Waals surface area contributed by atoms with E-state index < -0.39 is 0 Å². The average molecular weight is 760 g/mol. The maximum atomic E-state index is 10.0. The number of rotatable bonds is 4. The number of hydrogen-bond donors (Lipinski definition) is 1. The third-order valence-electron chi connectivity index (χ3n) is 6.74. The Morgan fingerprint density at radius 1 is 0.860 bits per heavy atom. The fraction of sp³-hybridized carbons (Fsp3) is 0.0833. The summed E-state index contributed by atoms with van der Waals surface area (Å²) >= 11 is 1.78. The van der Waals surface area contributed by atoms with Gasteiger partial charge in [-0.25, -0.2) is 4.98 Å². The zero-order chi connectivity index (χ0) is 29.2. The first-order valence-electron chi connectivity index (χ1n) is 13.5. The number of aromatic nitrogens is 2. The van der Waals surface area contributed by atoms with E-state index in [1.165, 1.54) is 30.4 Å². The Labute approximate surface area is 266 Å². The van der Waals surface area contributed by atoms with E-state index in [1.54, 1.807) is 11.3 Å². The summed E-state index contributed by atoms with van der Waals surface area (Å²) in [7, 11) is 0. The van der Waals surface area contributed by atoms with Crippen molar-refractivity contribution < 1.29 is 34.4 Å². The van der Waals surface area contributed by atoms with Crippen molar-refractivity contribution in [2.75, 3.05) is 0 Å². The van der Waals surface area contributed by atoms with Crippen LogP contribution in [-0.2, 0) is 24.9 Å². The molecule has 7 rings (SSSR count). The maximum Gasteiger partial charge on any atom is 0.216 e. The summed E-state index contributed by atoms with van der Waals surface area (Å²) < 4.78 is 7.39. The van der Waals surface area contributed by atoms with E-state index in [4.69, 9.17) is 14.5 Å². The summed E-state index contributed by atoms with van der Waals surface area (Å²) in [4.78, 5) is 21.0. The van der Waals surface area contributed by atoms with Crippen LogP contribution in [0.1, 0.15) is 19.5 Å². The Morgan fingerprint density at radius 2 is 1.56 bits per heavy atom. The second kappa shape index (κ2) is 12.8. The van der Waals surface area contributed by atoms with Crippen molar-refractivity contribution in [3.63, 3.8) is 0 Å². The second-order valence-electron chi connectivity index (χ2n) is 9.98. The number of nitrogens with zero attached hydrogens (tertiary/aromatic N) is 2. The number of hydrogen-bond acceptors (Lipinski definition) is 6. The number of aliphatic hydroxyl groups excluding tert-OH is 1. The molecular weight excluding hydrogens is 733 g/mol. The van der Waals surface area contributed by atoms with Gasteiger partial charge in [0.05, 0.1) is 21.6 Å². The Morgan fingerprint density at radius 3 is 2.21 bits per heavy atom. The second-order valence-corrected chi connectivity index (χ2v) is 11.0. The molecule has 1 N–H and O–H groups in total. The van der Waals surface area contributed by atoms with Gasteiger partial charge in [0, 0.05) is 47.7 Å². The van der Waals surface area contributed by atoms with E-state index >= 15 is 0 Å². The van der Waals surface area contributed by atoms with Crippen LogP contribution in [0.5, 0.6) is 0 Å². The predicted octanol–water partition coefficient (Wildman–Crippen LogP) is 9.74. The molecule has 0 aliphatic rings. The van der Waals surface area contributed by atoms with Gasteiger partial charge in [-0.1, -0.05) is 77.7 Å². The van der Waals surface area contributed by atoms with E-state index in [1.807, 2.05) is 31.2 Å². The van der Waals surface area contributed by atoms with Crippen molar-refractivity contribution in [1.82, 2.24) is 9.97 Å². The average Bonchev–Trinajstić information content (AvgIpc) is 3.55. The predicted molar refractivity (Wildman–Crippen MR) is 172 cm³/mol. The van der Waals surface area contributed by atoms with Crippen molar-refractivity contribution in [1.29, 1.82) is 0 Å². The van der Waals surface area contributed by atoms with Crippen molar-refractivity contribution in [2.24, 2.45) is 0 Å².